The van der Waals surface area contributed by atoms with Gasteiger partial charge in [0, 0.05) is 36.1 Å². The lowest BCUT2D eigenvalue weighted by Gasteiger charge is -2.14. The molecule has 2 aromatic heterocycles. The van der Waals surface area contributed by atoms with E-state index < -0.39 is 4.92 Å². The number of hydrogen-bond donors (Lipinski definition) is 2. The Labute approximate surface area is 156 Å². The van der Waals surface area contributed by atoms with Gasteiger partial charge in [0.1, 0.15) is 5.82 Å². The molecule has 2 N–H and O–H groups in total. The maximum Gasteiger partial charge on any atom is 0.269 e. The van der Waals surface area contributed by atoms with Crippen LogP contribution in [-0.2, 0) is 0 Å². The zero-order valence-corrected chi connectivity index (χ0v) is 15.1. The lowest BCUT2D eigenvalue weighted by molar-refractivity contribution is -0.384. The summed E-state index contributed by atoms with van der Waals surface area (Å²) >= 11 is 0. The second-order valence-electron chi connectivity index (χ2n) is 6.06. The minimum atomic E-state index is -0.429. The zero-order chi connectivity index (χ0) is 19.2. The number of nitrogens with zero attached hydrogens (tertiary/aromatic N) is 4. The second-order valence-corrected chi connectivity index (χ2v) is 6.06. The van der Waals surface area contributed by atoms with Gasteiger partial charge in [-0.05, 0) is 37.6 Å². The number of aromatic nitrogens is 3. The monoisotopic (exact) mass is 364 g/mol. The summed E-state index contributed by atoms with van der Waals surface area (Å²) in [5.74, 6) is 1.07. The number of anilines is 3. The van der Waals surface area contributed by atoms with Crippen molar-refractivity contribution in [3.63, 3.8) is 0 Å². The largest absolute Gasteiger partial charge is 0.352 e. The number of nitro groups is 1. The molecule has 138 valence electrons. The fourth-order valence-electron chi connectivity index (χ4n) is 2.36. The first-order valence-electron chi connectivity index (χ1n) is 8.63. The summed E-state index contributed by atoms with van der Waals surface area (Å²) in [6, 6.07) is 13.8. The molecule has 0 amide bonds. The first kappa shape index (κ1) is 18.2. The number of non-ortho nitro benzene ring substituents is 1. The SMILES string of the molecule is CC[C@H](C)Nc1nc(Nc2ccc([N+](=O)[O-])cc2)cc(-c2ccccn2)n1. The predicted octanol–water partition coefficient (Wildman–Crippen LogP) is 4.40. The Balaban J connectivity index is 1.93. The van der Waals surface area contributed by atoms with E-state index in [1.165, 1.54) is 12.1 Å². The first-order valence-corrected chi connectivity index (χ1v) is 8.63. The van der Waals surface area contributed by atoms with Gasteiger partial charge in [0.05, 0.1) is 16.3 Å². The molecule has 8 heteroatoms. The number of benzene rings is 1. The van der Waals surface area contributed by atoms with E-state index in [-0.39, 0.29) is 11.7 Å². The third kappa shape index (κ3) is 4.75. The van der Waals surface area contributed by atoms with Gasteiger partial charge in [-0.2, -0.15) is 4.98 Å². The van der Waals surface area contributed by atoms with E-state index in [1.807, 2.05) is 18.2 Å². The lowest BCUT2D eigenvalue weighted by atomic mass is 10.2. The highest BCUT2D eigenvalue weighted by Gasteiger charge is 2.10. The lowest BCUT2D eigenvalue weighted by Crippen LogP contribution is -2.16. The van der Waals surface area contributed by atoms with E-state index in [9.17, 15) is 10.1 Å². The number of rotatable bonds is 7. The van der Waals surface area contributed by atoms with E-state index in [4.69, 9.17) is 0 Å². The molecule has 0 saturated heterocycles. The van der Waals surface area contributed by atoms with Gasteiger partial charge in [-0.3, -0.25) is 15.1 Å². The van der Waals surface area contributed by atoms with Crippen LogP contribution in [0, 0.1) is 10.1 Å². The molecule has 0 aliphatic rings. The van der Waals surface area contributed by atoms with Crippen LogP contribution in [0.4, 0.5) is 23.1 Å². The van der Waals surface area contributed by atoms with Crippen LogP contribution in [0.15, 0.2) is 54.7 Å². The molecular weight excluding hydrogens is 344 g/mol. The van der Waals surface area contributed by atoms with Gasteiger partial charge in [0.25, 0.3) is 5.69 Å². The normalized spacial score (nSPS) is 11.6. The van der Waals surface area contributed by atoms with E-state index in [0.717, 1.165) is 12.1 Å². The molecule has 3 rings (SSSR count). The van der Waals surface area contributed by atoms with Gasteiger partial charge in [0.15, 0.2) is 0 Å². The third-order valence-electron chi connectivity index (χ3n) is 3.99. The molecule has 8 nitrogen and oxygen atoms in total. The van der Waals surface area contributed by atoms with E-state index in [0.29, 0.717) is 23.1 Å². The zero-order valence-electron chi connectivity index (χ0n) is 15.1. The fourth-order valence-corrected chi connectivity index (χ4v) is 2.36. The summed E-state index contributed by atoms with van der Waals surface area (Å²) < 4.78 is 0. The fraction of sp³-hybridized carbons (Fsp3) is 0.211. The standard InChI is InChI=1S/C19H20N6O2/c1-3-13(2)21-19-23-17(16-6-4-5-11-20-16)12-18(24-19)22-14-7-9-15(10-8-14)25(26)27/h4-13H,3H2,1-2H3,(H2,21,22,23,24)/t13-/m0/s1. The maximum atomic E-state index is 10.8. The highest BCUT2D eigenvalue weighted by atomic mass is 16.6. The van der Waals surface area contributed by atoms with Gasteiger partial charge in [-0.1, -0.05) is 13.0 Å². The van der Waals surface area contributed by atoms with Crippen molar-refractivity contribution in [3.8, 4) is 11.4 Å². The highest BCUT2D eigenvalue weighted by molar-refractivity contribution is 5.65. The van der Waals surface area contributed by atoms with Crippen LogP contribution in [0.5, 0.6) is 0 Å². The molecule has 0 aliphatic carbocycles. The summed E-state index contributed by atoms with van der Waals surface area (Å²) in [4.78, 5) is 23.8. The third-order valence-corrected chi connectivity index (χ3v) is 3.99. The van der Waals surface area contributed by atoms with Crippen molar-refractivity contribution in [2.24, 2.45) is 0 Å². The van der Waals surface area contributed by atoms with Crippen LogP contribution in [0.2, 0.25) is 0 Å². The molecule has 3 aromatic rings. The van der Waals surface area contributed by atoms with Gasteiger partial charge >= 0.3 is 0 Å². The van der Waals surface area contributed by atoms with Crippen molar-refractivity contribution in [1.82, 2.24) is 15.0 Å². The van der Waals surface area contributed by atoms with Crippen molar-refractivity contribution in [2.75, 3.05) is 10.6 Å². The quantitative estimate of drug-likeness (QED) is 0.473. The van der Waals surface area contributed by atoms with Crippen LogP contribution in [0.3, 0.4) is 0 Å². The first-order chi connectivity index (χ1) is 13.0. The van der Waals surface area contributed by atoms with Crippen molar-refractivity contribution in [3.05, 3.63) is 64.8 Å². The van der Waals surface area contributed by atoms with Crippen LogP contribution >= 0.6 is 0 Å². The molecule has 27 heavy (non-hydrogen) atoms. The molecule has 1 aromatic carbocycles. The number of pyridine rings is 1. The molecule has 0 fully saturated rings. The molecule has 0 spiro atoms. The van der Waals surface area contributed by atoms with Crippen LogP contribution < -0.4 is 10.6 Å². The van der Waals surface area contributed by atoms with Gasteiger partial charge in [-0.25, -0.2) is 4.98 Å². The Morgan fingerprint density at radius 1 is 1.11 bits per heavy atom. The second kappa shape index (κ2) is 8.22. The summed E-state index contributed by atoms with van der Waals surface area (Å²) in [5, 5.41) is 17.2. The molecule has 0 radical (unpaired) electrons. The minimum Gasteiger partial charge on any atom is -0.352 e. The van der Waals surface area contributed by atoms with Gasteiger partial charge in [0.2, 0.25) is 5.95 Å². The summed E-state index contributed by atoms with van der Waals surface area (Å²) in [5.41, 5.74) is 2.15. The number of hydrogen-bond acceptors (Lipinski definition) is 7. The van der Waals surface area contributed by atoms with Crippen molar-refractivity contribution in [2.45, 2.75) is 26.3 Å². The predicted molar refractivity (Wildman–Crippen MR) is 105 cm³/mol. The Kier molecular flexibility index (Phi) is 5.55. The Morgan fingerprint density at radius 2 is 1.89 bits per heavy atom. The van der Waals surface area contributed by atoms with Crippen LogP contribution in [0.25, 0.3) is 11.4 Å². The number of nitro benzene ring substituents is 1. The maximum absolute atomic E-state index is 10.8. The topological polar surface area (TPSA) is 106 Å². The van der Waals surface area contributed by atoms with E-state index >= 15 is 0 Å². The van der Waals surface area contributed by atoms with Gasteiger partial charge < -0.3 is 10.6 Å². The highest BCUT2D eigenvalue weighted by Crippen LogP contribution is 2.24. The molecule has 1 atom stereocenters. The van der Waals surface area contributed by atoms with Crippen molar-refractivity contribution < 1.29 is 4.92 Å². The van der Waals surface area contributed by atoms with Gasteiger partial charge in [-0.15, -0.1) is 0 Å². The average molecular weight is 364 g/mol. The molecule has 2 heterocycles. The smallest absolute Gasteiger partial charge is 0.269 e. The average Bonchev–Trinajstić information content (AvgIpc) is 2.69. The Hall–Kier alpha value is -3.55. The van der Waals surface area contributed by atoms with Crippen molar-refractivity contribution >= 4 is 23.1 Å². The Morgan fingerprint density at radius 3 is 2.52 bits per heavy atom. The minimum absolute atomic E-state index is 0.0385. The van der Waals surface area contributed by atoms with Crippen LogP contribution in [0.1, 0.15) is 20.3 Å². The van der Waals surface area contributed by atoms with E-state index in [2.05, 4.69) is 39.4 Å². The Bertz CT molecular complexity index is 915. The van der Waals surface area contributed by atoms with Crippen molar-refractivity contribution in [1.29, 1.82) is 0 Å². The molecule has 0 saturated carbocycles. The molecule has 0 unspecified atom stereocenters. The summed E-state index contributed by atoms with van der Waals surface area (Å²) in [6.07, 6.45) is 2.64. The number of nitrogens with one attached hydrogen (secondary N) is 2. The summed E-state index contributed by atoms with van der Waals surface area (Å²) in [6.45, 7) is 4.14. The summed E-state index contributed by atoms with van der Waals surface area (Å²) in [7, 11) is 0. The molecule has 0 aliphatic heterocycles. The molecular formula is C19H20N6O2. The molecule has 0 bridgehead atoms. The van der Waals surface area contributed by atoms with Crippen LogP contribution in [-0.4, -0.2) is 25.9 Å². The van der Waals surface area contributed by atoms with E-state index in [1.54, 1.807) is 24.4 Å².